The lowest BCUT2D eigenvalue weighted by Crippen LogP contribution is -2.24. The number of ether oxygens (including phenoxy) is 3. The average Bonchev–Trinajstić information content (AvgIpc) is 3.38. The molecule has 0 saturated heterocycles. The Labute approximate surface area is 224 Å². The number of carbonyl (C=O) groups excluding carboxylic acids is 1. The minimum Gasteiger partial charge on any atom is -0.491 e. The molecule has 0 spiro atoms. The number of hydrogen-bond acceptors (Lipinski definition) is 5. The third-order valence-corrected chi connectivity index (χ3v) is 6.94. The van der Waals surface area contributed by atoms with Crippen LogP contribution in [0.5, 0.6) is 11.5 Å². The minimum atomic E-state index is -0.358. The Kier molecular flexibility index (Phi) is 8.36. The molecule has 5 nitrogen and oxygen atoms in total. The van der Waals surface area contributed by atoms with Crippen LogP contribution < -0.4 is 14.8 Å². The molecule has 0 aliphatic carbocycles. The van der Waals surface area contributed by atoms with Crippen molar-refractivity contribution in [1.29, 1.82) is 0 Å². The predicted octanol–water partition coefficient (Wildman–Crippen LogP) is 6.10. The van der Waals surface area contributed by atoms with Crippen molar-refractivity contribution in [3.8, 4) is 11.5 Å². The highest BCUT2D eigenvalue weighted by molar-refractivity contribution is 5.90. The fraction of sp³-hybridized carbons (Fsp3) is 0.242. The molecule has 1 aliphatic heterocycles. The van der Waals surface area contributed by atoms with Gasteiger partial charge in [-0.05, 0) is 59.7 Å². The SMILES string of the molecule is COC(=O)c1ccc2c(c1)OCC2NCCc1ccccc1OCc1ccc(CCc2ccccc2)cc1. The molecule has 194 valence electrons. The van der Waals surface area contributed by atoms with E-state index in [1.54, 1.807) is 12.1 Å². The number of hydrogen-bond donors (Lipinski definition) is 1. The van der Waals surface area contributed by atoms with Crippen molar-refractivity contribution in [3.63, 3.8) is 0 Å². The van der Waals surface area contributed by atoms with Crippen LogP contribution in [0.25, 0.3) is 0 Å². The fourth-order valence-corrected chi connectivity index (χ4v) is 4.75. The highest BCUT2D eigenvalue weighted by Gasteiger charge is 2.25. The lowest BCUT2D eigenvalue weighted by atomic mass is 10.0. The second-order valence-electron chi connectivity index (χ2n) is 9.51. The van der Waals surface area contributed by atoms with Crippen molar-refractivity contribution >= 4 is 5.97 Å². The number of carbonyl (C=O) groups is 1. The molecule has 1 N–H and O–H groups in total. The molecule has 4 aromatic rings. The van der Waals surface area contributed by atoms with Gasteiger partial charge in [-0.25, -0.2) is 4.79 Å². The van der Waals surface area contributed by atoms with Crippen LogP contribution in [0.4, 0.5) is 0 Å². The Morgan fingerprint density at radius 3 is 2.34 bits per heavy atom. The van der Waals surface area contributed by atoms with Crippen LogP contribution in [-0.2, 0) is 30.6 Å². The van der Waals surface area contributed by atoms with E-state index < -0.39 is 0 Å². The summed E-state index contributed by atoms with van der Waals surface area (Å²) in [6, 6.07) is 33.1. The maximum Gasteiger partial charge on any atom is 0.337 e. The van der Waals surface area contributed by atoms with Crippen molar-refractivity contribution in [2.75, 3.05) is 20.3 Å². The van der Waals surface area contributed by atoms with E-state index in [4.69, 9.17) is 14.2 Å². The number of benzene rings is 4. The van der Waals surface area contributed by atoms with Gasteiger partial charge < -0.3 is 19.5 Å². The summed E-state index contributed by atoms with van der Waals surface area (Å²) in [5.41, 5.74) is 6.59. The zero-order valence-corrected chi connectivity index (χ0v) is 21.7. The number of aryl methyl sites for hydroxylation is 2. The lowest BCUT2D eigenvalue weighted by Gasteiger charge is -2.14. The summed E-state index contributed by atoms with van der Waals surface area (Å²) in [7, 11) is 1.38. The van der Waals surface area contributed by atoms with Gasteiger partial charge in [-0.15, -0.1) is 0 Å². The van der Waals surface area contributed by atoms with Gasteiger partial charge in [0.05, 0.1) is 18.7 Å². The summed E-state index contributed by atoms with van der Waals surface area (Å²) in [6.45, 7) is 1.86. The smallest absolute Gasteiger partial charge is 0.337 e. The van der Waals surface area contributed by atoms with Crippen LogP contribution in [-0.4, -0.2) is 26.2 Å². The normalized spacial score (nSPS) is 14.0. The standard InChI is InChI=1S/C33H33NO4/c1-36-33(35)28-17-18-29-30(23-38-32(29)21-28)34-20-19-27-9-5-6-10-31(27)37-22-26-15-13-25(14-16-26)12-11-24-7-3-2-4-8-24/h2-10,13-18,21,30,34H,11-12,19-20,22-23H2,1H3. The molecule has 0 saturated carbocycles. The van der Waals surface area contributed by atoms with Gasteiger partial charge in [-0.1, -0.05) is 78.9 Å². The second kappa shape index (κ2) is 12.4. The van der Waals surface area contributed by atoms with Gasteiger partial charge in [0.1, 0.15) is 24.7 Å². The number of esters is 1. The molecular weight excluding hydrogens is 474 g/mol. The molecule has 38 heavy (non-hydrogen) atoms. The van der Waals surface area contributed by atoms with Crippen molar-refractivity contribution in [2.45, 2.75) is 31.9 Å². The first-order valence-electron chi connectivity index (χ1n) is 13.1. The molecule has 5 heteroatoms. The highest BCUT2D eigenvalue weighted by atomic mass is 16.5. The number of rotatable bonds is 11. The van der Waals surface area contributed by atoms with Gasteiger partial charge in [0, 0.05) is 12.1 Å². The third-order valence-electron chi connectivity index (χ3n) is 6.94. The Morgan fingerprint density at radius 2 is 1.55 bits per heavy atom. The Bertz CT molecular complexity index is 1350. The van der Waals surface area contributed by atoms with Gasteiger partial charge in [0.2, 0.25) is 0 Å². The number of para-hydroxylation sites is 1. The van der Waals surface area contributed by atoms with Crippen LogP contribution in [0.15, 0.2) is 97.1 Å². The fourth-order valence-electron chi connectivity index (χ4n) is 4.75. The Balaban J connectivity index is 1.11. The van der Waals surface area contributed by atoms with Crippen molar-refractivity contribution in [3.05, 3.63) is 130 Å². The first kappa shape index (κ1) is 25.6. The van der Waals surface area contributed by atoms with E-state index in [-0.39, 0.29) is 12.0 Å². The molecule has 0 fully saturated rings. The zero-order valence-electron chi connectivity index (χ0n) is 21.7. The molecule has 1 unspecified atom stereocenters. The Hall–Kier alpha value is -4.09. The molecule has 0 aromatic heterocycles. The average molecular weight is 508 g/mol. The van der Waals surface area contributed by atoms with Crippen LogP contribution >= 0.6 is 0 Å². The largest absolute Gasteiger partial charge is 0.491 e. The first-order valence-corrected chi connectivity index (χ1v) is 13.1. The third kappa shape index (κ3) is 6.42. The van der Waals surface area contributed by atoms with E-state index in [2.05, 4.69) is 66.0 Å². The first-order chi connectivity index (χ1) is 18.7. The van der Waals surface area contributed by atoms with E-state index in [0.29, 0.717) is 18.8 Å². The zero-order chi connectivity index (χ0) is 26.2. The molecule has 4 aromatic carbocycles. The summed E-state index contributed by atoms with van der Waals surface area (Å²) in [5, 5.41) is 3.58. The molecule has 1 aliphatic rings. The number of methoxy groups -OCH3 is 1. The molecular formula is C33H33NO4. The van der Waals surface area contributed by atoms with Gasteiger partial charge in [-0.3, -0.25) is 0 Å². The quantitative estimate of drug-likeness (QED) is 0.249. The molecule has 5 rings (SSSR count). The number of nitrogens with one attached hydrogen (secondary N) is 1. The van der Waals surface area contributed by atoms with Crippen LogP contribution in [0.2, 0.25) is 0 Å². The van der Waals surface area contributed by atoms with Gasteiger partial charge >= 0.3 is 5.97 Å². The highest BCUT2D eigenvalue weighted by Crippen LogP contribution is 2.33. The molecule has 0 amide bonds. The Morgan fingerprint density at radius 1 is 0.842 bits per heavy atom. The van der Waals surface area contributed by atoms with E-state index in [1.807, 2.05) is 24.3 Å². The maximum atomic E-state index is 11.8. The van der Waals surface area contributed by atoms with Crippen molar-refractivity contribution in [2.24, 2.45) is 0 Å². The molecule has 1 atom stereocenters. The topological polar surface area (TPSA) is 56.8 Å². The molecule has 0 bridgehead atoms. The van der Waals surface area contributed by atoms with E-state index in [9.17, 15) is 4.79 Å². The van der Waals surface area contributed by atoms with Gasteiger partial charge in [-0.2, -0.15) is 0 Å². The molecule has 1 heterocycles. The summed E-state index contributed by atoms with van der Waals surface area (Å²) in [6.07, 6.45) is 2.91. The summed E-state index contributed by atoms with van der Waals surface area (Å²) >= 11 is 0. The molecule has 0 radical (unpaired) electrons. The van der Waals surface area contributed by atoms with Crippen LogP contribution in [0.1, 0.15) is 44.2 Å². The summed E-state index contributed by atoms with van der Waals surface area (Å²) in [5.74, 6) is 1.29. The van der Waals surface area contributed by atoms with E-state index in [1.165, 1.54) is 23.8 Å². The van der Waals surface area contributed by atoms with Gasteiger partial charge in [0.15, 0.2) is 0 Å². The summed E-state index contributed by atoms with van der Waals surface area (Å²) < 4.78 is 16.8. The monoisotopic (exact) mass is 507 g/mol. The maximum absolute atomic E-state index is 11.8. The lowest BCUT2D eigenvalue weighted by molar-refractivity contribution is 0.0600. The second-order valence-corrected chi connectivity index (χ2v) is 9.51. The van der Waals surface area contributed by atoms with Crippen LogP contribution in [0, 0.1) is 0 Å². The number of fused-ring (bicyclic) bond motifs is 1. The van der Waals surface area contributed by atoms with Crippen molar-refractivity contribution in [1.82, 2.24) is 5.32 Å². The van der Waals surface area contributed by atoms with Gasteiger partial charge in [0.25, 0.3) is 0 Å². The predicted molar refractivity (Wildman–Crippen MR) is 149 cm³/mol. The van der Waals surface area contributed by atoms with Crippen LogP contribution in [0.3, 0.4) is 0 Å². The van der Waals surface area contributed by atoms with Crippen molar-refractivity contribution < 1.29 is 19.0 Å². The van der Waals surface area contributed by atoms with E-state index >= 15 is 0 Å². The van der Waals surface area contributed by atoms with E-state index in [0.717, 1.165) is 48.4 Å². The summed E-state index contributed by atoms with van der Waals surface area (Å²) in [4.78, 5) is 11.8. The minimum absolute atomic E-state index is 0.0881.